The summed E-state index contributed by atoms with van der Waals surface area (Å²) in [5, 5.41) is 1.80. The lowest BCUT2D eigenvalue weighted by atomic mass is 10.2. The minimum atomic E-state index is -0.429. The monoisotopic (exact) mass is 228 g/mol. The van der Waals surface area contributed by atoms with E-state index in [2.05, 4.69) is 0 Å². The molecule has 1 aromatic heterocycles. The van der Waals surface area contributed by atoms with Gasteiger partial charge in [-0.1, -0.05) is 0 Å². The lowest BCUT2D eigenvalue weighted by Crippen LogP contribution is -2.11. The van der Waals surface area contributed by atoms with Gasteiger partial charge < -0.3 is 16.2 Å². The quantitative estimate of drug-likeness (QED) is 0.691. The van der Waals surface area contributed by atoms with Gasteiger partial charge in [0.25, 0.3) is 5.91 Å². The van der Waals surface area contributed by atoms with Crippen LogP contribution in [-0.4, -0.2) is 19.1 Å². The maximum Gasteiger partial charge on any atom is 0.262 e. The first-order valence-electron chi connectivity index (χ1n) is 4.96. The first-order chi connectivity index (χ1) is 7.25. The summed E-state index contributed by atoms with van der Waals surface area (Å²) in [6.45, 7) is 1.32. The van der Waals surface area contributed by atoms with Crippen molar-refractivity contribution in [3.63, 3.8) is 0 Å². The molecule has 4 N–H and O–H groups in total. The molecule has 0 fully saturated rings. The maximum absolute atomic E-state index is 11.0. The molecule has 0 atom stereocenters. The lowest BCUT2D eigenvalue weighted by molar-refractivity contribution is 0.100. The molecule has 84 valence electrons. The summed E-state index contributed by atoms with van der Waals surface area (Å²) in [6.07, 6.45) is 3.01. The van der Waals surface area contributed by atoms with Gasteiger partial charge in [-0.25, -0.2) is 0 Å². The van der Waals surface area contributed by atoms with Crippen molar-refractivity contribution in [1.29, 1.82) is 0 Å². The molecule has 1 rings (SSSR count). The van der Waals surface area contributed by atoms with Crippen LogP contribution in [0.1, 0.15) is 28.9 Å². The molecule has 0 aliphatic rings. The topological polar surface area (TPSA) is 78.3 Å². The van der Waals surface area contributed by atoms with Crippen LogP contribution in [0.5, 0.6) is 5.75 Å². The van der Waals surface area contributed by atoms with E-state index in [1.807, 2.05) is 0 Å². The number of rotatable bonds is 7. The Morgan fingerprint density at radius 3 is 2.87 bits per heavy atom. The zero-order valence-electron chi connectivity index (χ0n) is 8.57. The van der Waals surface area contributed by atoms with E-state index in [9.17, 15) is 4.79 Å². The molecule has 1 aromatic rings. The van der Waals surface area contributed by atoms with Crippen molar-refractivity contribution in [2.45, 2.75) is 19.3 Å². The van der Waals surface area contributed by atoms with Crippen molar-refractivity contribution in [3.8, 4) is 5.75 Å². The number of carbonyl (C=O) groups excluding carboxylic acids is 1. The number of amides is 1. The molecule has 0 aliphatic carbocycles. The highest BCUT2D eigenvalue weighted by Crippen LogP contribution is 2.24. The zero-order chi connectivity index (χ0) is 11.1. The van der Waals surface area contributed by atoms with E-state index in [1.54, 1.807) is 11.4 Å². The number of hydrogen-bond donors (Lipinski definition) is 2. The predicted octanol–water partition coefficient (Wildman–Crippen LogP) is 1.35. The molecule has 1 amide bonds. The van der Waals surface area contributed by atoms with Gasteiger partial charge in [0, 0.05) is 0 Å². The molecule has 0 saturated carbocycles. The Bertz CT molecular complexity index is 312. The number of hydrogen-bond acceptors (Lipinski definition) is 4. The Labute approximate surface area is 93.2 Å². The second kappa shape index (κ2) is 6.42. The number of primary amides is 1. The molecule has 5 heteroatoms. The summed E-state index contributed by atoms with van der Waals surface area (Å²) >= 11 is 1.31. The van der Waals surface area contributed by atoms with Crippen LogP contribution >= 0.6 is 11.3 Å². The molecular formula is C10H16N2O2S. The van der Waals surface area contributed by atoms with Crippen molar-refractivity contribution in [3.05, 3.63) is 16.3 Å². The molecule has 0 radical (unpaired) electrons. The van der Waals surface area contributed by atoms with Gasteiger partial charge in [0.1, 0.15) is 10.6 Å². The average molecular weight is 228 g/mol. The van der Waals surface area contributed by atoms with Crippen LogP contribution in [0.15, 0.2) is 11.4 Å². The third-order valence-electron chi connectivity index (χ3n) is 1.96. The molecule has 15 heavy (non-hydrogen) atoms. The van der Waals surface area contributed by atoms with Gasteiger partial charge >= 0.3 is 0 Å². The Morgan fingerprint density at radius 1 is 1.40 bits per heavy atom. The highest BCUT2D eigenvalue weighted by Gasteiger charge is 2.10. The number of nitrogens with two attached hydrogens (primary N) is 2. The van der Waals surface area contributed by atoms with E-state index in [0.717, 1.165) is 19.3 Å². The molecule has 0 aliphatic heterocycles. The second-order valence-corrected chi connectivity index (χ2v) is 4.09. The van der Waals surface area contributed by atoms with Crippen molar-refractivity contribution < 1.29 is 9.53 Å². The van der Waals surface area contributed by atoms with Crippen LogP contribution in [0.4, 0.5) is 0 Å². The number of ether oxygens (including phenoxy) is 1. The van der Waals surface area contributed by atoms with E-state index in [0.29, 0.717) is 23.8 Å². The van der Waals surface area contributed by atoms with E-state index >= 15 is 0 Å². The Morgan fingerprint density at radius 2 is 2.20 bits per heavy atom. The van der Waals surface area contributed by atoms with Crippen LogP contribution in [0, 0.1) is 0 Å². The maximum atomic E-state index is 11.0. The molecule has 0 bridgehead atoms. The smallest absolute Gasteiger partial charge is 0.262 e. The van der Waals surface area contributed by atoms with Gasteiger partial charge in [0.15, 0.2) is 0 Å². The Balaban J connectivity index is 2.31. The highest BCUT2D eigenvalue weighted by atomic mass is 32.1. The van der Waals surface area contributed by atoms with Gasteiger partial charge in [-0.2, -0.15) is 0 Å². The van der Waals surface area contributed by atoms with E-state index in [-0.39, 0.29) is 0 Å². The standard InChI is InChI=1S/C10H16N2O2S/c11-5-2-1-3-6-14-8-4-7-15-9(8)10(12)13/h4,7H,1-3,5-6,11H2,(H2,12,13). The molecule has 0 unspecified atom stereocenters. The van der Waals surface area contributed by atoms with Crippen LogP contribution < -0.4 is 16.2 Å². The molecule has 1 heterocycles. The van der Waals surface area contributed by atoms with Crippen molar-refractivity contribution >= 4 is 17.2 Å². The van der Waals surface area contributed by atoms with Gasteiger partial charge in [-0.15, -0.1) is 11.3 Å². The van der Waals surface area contributed by atoms with Crippen LogP contribution in [0.2, 0.25) is 0 Å². The molecular weight excluding hydrogens is 212 g/mol. The van der Waals surface area contributed by atoms with Gasteiger partial charge in [0.05, 0.1) is 6.61 Å². The third-order valence-corrected chi connectivity index (χ3v) is 2.87. The molecule has 0 saturated heterocycles. The van der Waals surface area contributed by atoms with E-state index in [1.165, 1.54) is 11.3 Å². The van der Waals surface area contributed by atoms with Gasteiger partial charge in [0.2, 0.25) is 0 Å². The summed E-state index contributed by atoms with van der Waals surface area (Å²) in [4.78, 5) is 11.4. The summed E-state index contributed by atoms with van der Waals surface area (Å²) in [7, 11) is 0. The van der Waals surface area contributed by atoms with E-state index < -0.39 is 5.91 Å². The van der Waals surface area contributed by atoms with Crippen LogP contribution in [0.3, 0.4) is 0 Å². The van der Waals surface area contributed by atoms with Crippen molar-refractivity contribution in [2.24, 2.45) is 11.5 Å². The second-order valence-electron chi connectivity index (χ2n) is 3.18. The fourth-order valence-electron chi connectivity index (χ4n) is 1.20. The Kier molecular flexibility index (Phi) is 5.14. The normalized spacial score (nSPS) is 10.2. The fourth-order valence-corrected chi connectivity index (χ4v) is 1.88. The fraction of sp³-hybridized carbons (Fsp3) is 0.500. The van der Waals surface area contributed by atoms with Crippen LogP contribution in [0.25, 0.3) is 0 Å². The average Bonchev–Trinajstić information content (AvgIpc) is 2.66. The summed E-state index contributed by atoms with van der Waals surface area (Å²) in [5.74, 6) is 0.169. The SMILES string of the molecule is NCCCCCOc1ccsc1C(N)=O. The molecule has 4 nitrogen and oxygen atoms in total. The van der Waals surface area contributed by atoms with Crippen LogP contribution in [-0.2, 0) is 0 Å². The minimum absolute atomic E-state index is 0.429. The first kappa shape index (κ1) is 12.0. The van der Waals surface area contributed by atoms with Crippen molar-refractivity contribution in [2.75, 3.05) is 13.2 Å². The lowest BCUT2D eigenvalue weighted by Gasteiger charge is -2.04. The highest BCUT2D eigenvalue weighted by molar-refractivity contribution is 7.12. The number of unbranched alkanes of at least 4 members (excludes halogenated alkanes) is 2. The first-order valence-corrected chi connectivity index (χ1v) is 5.84. The van der Waals surface area contributed by atoms with Crippen molar-refractivity contribution in [1.82, 2.24) is 0 Å². The zero-order valence-corrected chi connectivity index (χ0v) is 9.39. The van der Waals surface area contributed by atoms with Gasteiger partial charge in [-0.05, 0) is 37.3 Å². The summed E-state index contributed by atoms with van der Waals surface area (Å²) in [5.41, 5.74) is 10.6. The van der Waals surface area contributed by atoms with E-state index in [4.69, 9.17) is 16.2 Å². The molecule has 0 aromatic carbocycles. The summed E-state index contributed by atoms with van der Waals surface area (Å²) in [6, 6.07) is 1.77. The minimum Gasteiger partial charge on any atom is -0.492 e. The van der Waals surface area contributed by atoms with Gasteiger partial charge in [-0.3, -0.25) is 4.79 Å². The predicted molar refractivity (Wildman–Crippen MR) is 61.2 cm³/mol. The number of carbonyl (C=O) groups is 1. The Hall–Kier alpha value is -1.07. The number of thiophene rings is 1. The molecule has 0 spiro atoms. The summed E-state index contributed by atoms with van der Waals surface area (Å²) < 4.78 is 5.45. The largest absolute Gasteiger partial charge is 0.492 e. The third kappa shape index (κ3) is 3.89.